The summed E-state index contributed by atoms with van der Waals surface area (Å²) in [5, 5.41) is 9.81. The van der Waals surface area contributed by atoms with E-state index >= 15 is 0 Å². The molecule has 128 valence electrons. The number of hydrogen-bond acceptors (Lipinski definition) is 6. The van der Waals surface area contributed by atoms with Crippen molar-refractivity contribution in [3.63, 3.8) is 0 Å². The van der Waals surface area contributed by atoms with Crippen LogP contribution in [0.2, 0.25) is 5.02 Å². The van der Waals surface area contributed by atoms with E-state index in [0.717, 1.165) is 4.88 Å². The van der Waals surface area contributed by atoms with Crippen LogP contribution < -0.4 is 10.9 Å². The molecule has 0 aliphatic carbocycles. The number of thiophene rings is 1. The molecule has 0 aliphatic heterocycles. The van der Waals surface area contributed by atoms with E-state index in [0.29, 0.717) is 21.6 Å². The fourth-order valence-corrected chi connectivity index (χ4v) is 3.19. The number of nitrogens with one attached hydrogen (secondary N) is 3. The molecule has 1 aromatic carbocycles. The molecule has 0 saturated carbocycles. The number of benzene rings is 1. The van der Waals surface area contributed by atoms with E-state index in [1.165, 1.54) is 11.8 Å². The lowest BCUT2D eigenvalue weighted by molar-refractivity contribution is -0.119. The van der Waals surface area contributed by atoms with Gasteiger partial charge in [0.25, 0.3) is 5.91 Å². The normalized spacial score (nSPS) is 10.4. The highest BCUT2D eigenvalue weighted by Gasteiger charge is 2.11. The van der Waals surface area contributed by atoms with Crippen LogP contribution >= 0.6 is 34.7 Å². The van der Waals surface area contributed by atoms with E-state index < -0.39 is 5.91 Å². The van der Waals surface area contributed by atoms with Crippen LogP contribution in [0.25, 0.3) is 10.7 Å². The van der Waals surface area contributed by atoms with Gasteiger partial charge in [0.05, 0.1) is 10.6 Å². The smallest absolute Gasteiger partial charge is 0.269 e. The van der Waals surface area contributed by atoms with Crippen LogP contribution in [-0.2, 0) is 4.79 Å². The third-order valence-electron chi connectivity index (χ3n) is 2.97. The minimum atomic E-state index is -0.423. The second kappa shape index (κ2) is 8.15. The number of carbonyl (C=O) groups is 2. The van der Waals surface area contributed by atoms with Gasteiger partial charge in [0.1, 0.15) is 0 Å². The number of carbonyl (C=O) groups excluding carboxylic acids is 2. The molecule has 0 spiro atoms. The van der Waals surface area contributed by atoms with Gasteiger partial charge in [-0.15, -0.1) is 16.4 Å². The highest BCUT2D eigenvalue weighted by molar-refractivity contribution is 7.99. The molecule has 2 aromatic heterocycles. The summed E-state index contributed by atoms with van der Waals surface area (Å²) < 4.78 is 0. The van der Waals surface area contributed by atoms with Gasteiger partial charge in [-0.05, 0) is 35.7 Å². The third kappa shape index (κ3) is 4.81. The molecule has 2 amide bonds. The molecule has 0 atom stereocenters. The average Bonchev–Trinajstić information content (AvgIpc) is 3.29. The summed E-state index contributed by atoms with van der Waals surface area (Å²) in [6, 6.07) is 10.2. The zero-order valence-electron chi connectivity index (χ0n) is 12.7. The monoisotopic (exact) mass is 393 g/mol. The Hall–Kier alpha value is -2.36. The Balaban J connectivity index is 1.45. The van der Waals surface area contributed by atoms with Crippen LogP contribution in [0.15, 0.2) is 46.9 Å². The first-order valence-electron chi connectivity index (χ1n) is 7.05. The second-order valence-corrected chi connectivity index (χ2v) is 7.07. The first kappa shape index (κ1) is 17.5. The van der Waals surface area contributed by atoms with Gasteiger partial charge >= 0.3 is 0 Å². The van der Waals surface area contributed by atoms with E-state index in [1.54, 1.807) is 35.6 Å². The SMILES string of the molecule is O=C(CSc1n[nH]c(-c2cccs2)n1)NNC(=O)c1ccc(Cl)cc1. The van der Waals surface area contributed by atoms with Crippen molar-refractivity contribution in [1.29, 1.82) is 0 Å². The van der Waals surface area contributed by atoms with Crippen molar-refractivity contribution in [1.82, 2.24) is 26.0 Å². The van der Waals surface area contributed by atoms with Gasteiger partial charge in [0.2, 0.25) is 11.1 Å². The summed E-state index contributed by atoms with van der Waals surface area (Å²) in [7, 11) is 0. The van der Waals surface area contributed by atoms with Crippen molar-refractivity contribution < 1.29 is 9.59 Å². The fourth-order valence-electron chi connectivity index (χ4n) is 1.80. The molecule has 0 bridgehead atoms. The van der Waals surface area contributed by atoms with E-state index in [2.05, 4.69) is 26.0 Å². The Labute approximate surface area is 156 Å². The summed E-state index contributed by atoms with van der Waals surface area (Å²) in [5.41, 5.74) is 5.08. The van der Waals surface area contributed by atoms with Crippen molar-refractivity contribution in [3.05, 3.63) is 52.4 Å². The number of aromatic nitrogens is 3. The van der Waals surface area contributed by atoms with Gasteiger partial charge in [-0.25, -0.2) is 4.98 Å². The number of hydrazine groups is 1. The molecule has 0 radical (unpaired) electrons. The van der Waals surface area contributed by atoms with Crippen LogP contribution in [0.1, 0.15) is 10.4 Å². The fraction of sp³-hybridized carbons (Fsp3) is 0.0667. The van der Waals surface area contributed by atoms with Crippen molar-refractivity contribution in [2.45, 2.75) is 5.16 Å². The molecule has 3 N–H and O–H groups in total. The van der Waals surface area contributed by atoms with E-state index in [-0.39, 0.29) is 11.7 Å². The molecule has 25 heavy (non-hydrogen) atoms. The Morgan fingerprint density at radius 3 is 2.72 bits per heavy atom. The number of thioether (sulfide) groups is 1. The molecule has 0 saturated heterocycles. The molecular formula is C15H12ClN5O2S2. The topological polar surface area (TPSA) is 99.8 Å². The van der Waals surface area contributed by atoms with Crippen molar-refractivity contribution >= 4 is 46.5 Å². The van der Waals surface area contributed by atoms with Crippen molar-refractivity contribution in [2.75, 3.05) is 5.75 Å². The first-order valence-corrected chi connectivity index (χ1v) is 9.30. The van der Waals surface area contributed by atoms with Gasteiger partial charge in [-0.1, -0.05) is 29.4 Å². The third-order valence-corrected chi connectivity index (χ3v) is 4.95. The largest absolute Gasteiger partial charge is 0.272 e. The molecule has 0 fully saturated rings. The zero-order valence-corrected chi connectivity index (χ0v) is 15.0. The molecule has 2 heterocycles. The van der Waals surface area contributed by atoms with Crippen LogP contribution in [-0.4, -0.2) is 32.7 Å². The number of H-pyrrole nitrogens is 1. The van der Waals surface area contributed by atoms with Crippen LogP contribution in [0.3, 0.4) is 0 Å². The summed E-state index contributed by atoms with van der Waals surface area (Å²) in [5.74, 6) is -0.0561. The van der Waals surface area contributed by atoms with Gasteiger partial charge in [-0.2, -0.15) is 0 Å². The Morgan fingerprint density at radius 2 is 2.00 bits per heavy atom. The lowest BCUT2D eigenvalue weighted by Crippen LogP contribution is -2.42. The number of halogens is 1. The summed E-state index contributed by atoms with van der Waals surface area (Å²) in [6.45, 7) is 0. The Bertz CT molecular complexity index is 864. The Morgan fingerprint density at radius 1 is 1.20 bits per heavy atom. The van der Waals surface area contributed by atoms with Gasteiger partial charge < -0.3 is 0 Å². The van der Waals surface area contributed by atoms with Crippen LogP contribution in [0.4, 0.5) is 0 Å². The quantitative estimate of drug-likeness (QED) is 0.457. The molecular weight excluding hydrogens is 382 g/mol. The average molecular weight is 394 g/mol. The maximum Gasteiger partial charge on any atom is 0.269 e. The molecule has 3 aromatic rings. The molecule has 0 aliphatic rings. The van der Waals surface area contributed by atoms with Gasteiger partial charge in [0.15, 0.2) is 5.82 Å². The maximum atomic E-state index is 11.9. The predicted molar refractivity (Wildman–Crippen MR) is 97.5 cm³/mol. The van der Waals surface area contributed by atoms with Gasteiger partial charge in [0, 0.05) is 10.6 Å². The van der Waals surface area contributed by atoms with E-state index in [1.807, 2.05) is 17.5 Å². The standard InChI is InChI=1S/C15H12ClN5O2S2/c16-10-5-3-9(4-6-10)14(23)20-18-12(22)8-25-15-17-13(19-21-15)11-2-1-7-24-11/h1-7H,8H2,(H,18,22)(H,20,23)(H,17,19,21). The lowest BCUT2D eigenvalue weighted by Gasteiger charge is -2.06. The Kier molecular flexibility index (Phi) is 5.69. The van der Waals surface area contributed by atoms with E-state index in [9.17, 15) is 9.59 Å². The minimum absolute atomic E-state index is 0.0721. The zero-order chi connectivity index (χ0) is 17.6. The molecule has 3 rings (SSSR count). The minimum Gasteiger partial charge on any atom is -0.272 e. The first-order chi connectivity index (χ1) is 12.1. The maximum absolute atomic E-state index is 11.9. The van der Waals surface area contributed by atoms with E-state index in [4.69, 9.17) is 11.6 Å². The highest BCUT2D eigenvalue weighted by Crippen LogP contribution is 2.22. The molecule has 0 unspecified atom stereocenters. The summed E-state index contributed by atoms with van der Waals surface area (Å²) >= 11 is 8.47. The van der Waals surface area contributed by atoms with Crippen LogP contribution in [0.5, 0.6) is 0 Å². The van der Waals surface area contributed by atoms with Crippen molar-refractivity contribution in [3.8, 4) is 10.7 Å². The predicted octanol–water partition coefficient (Wildman–Crippen LogP) is 2.74. The lowest BCUT2D eigenvalue weighted by atomic mass is 10.2. The summed E-state index contributed by atoms with van der Waals surface area (Å²) in [6.07, 6.45) is 0. The van der Waals surface area contributed by atoms with Gasteiger partial charge in [-0.3, -0.25) is 25.5 Å². The number of hydrogen-bond donors (Lipinski definition) is 3. The second-order valence-electron chi connectivity index (χ2n) is 4.74. The molecule has 7 nitrogen and oxygen atoms in total. The number of aromatic amines is 1. The summed E-state index contributed by atoms with van der Waals surface area (Å²) in [4.78, 5) is 28.9. The van der Waals surface area contributed by atoms with Crippen molar-refractivity contribution in [2.24, 2.45) is 0 Å². The molecule has 10 heteroatoms. The number of nitrogens with zero attached hydrogens (tertiary/aromatic N) is 2. The van der Waals surface area contributed by atoms with Crippen LogP contribution in [0, 0.1) is 0 Å². The highest BCUT2D eigenvalue weighted by atomic mass is 35.5. The number of rotatable bonds is 5. The number of amides is 2.